The van der Waals surface area contributed by atoms with Crippen LogP contribution < -0.4 is 5.73 Å². The molecule has 0 aliphatic carbocycles. The first kappa shape index (κ1) is 9.06. The highest BCUT2D eigenvalue weighted by Gasteiger charge is 2.12. The van der Waals surface area contributed by atoms with E-state index in [1.807, 2.05) is 0 Å². The summed E-state index contributed by atoms with van der Waals surface area (Å²) in [7, 11) is 0. The fourth-order valence-electron chi connectivity index (χ4n) is 0.392. The van der Waals surface area contributed by atoms with Crippen LogP contribution in [0.15, 0.2) is 0 Å². The molecule has 0 heterocycles. The monoisotopic (exact) mass is 147 g/mol. The van der Waals surface area contributed by atoms with E-state index in [4.69, 9.17) is 10.8 Å². The van der Waals surface area contributed by atoms with E-state index in [-0.39, 0.29) is 19.5 Å². The van der Waals surface area contributed by atoms with Crippen LogP contribution in [0.4, 0.5) is 0 Å². The van der Waals surface area contributed by atoms with E-state index < -0.39 is 12.0 Å². The van der Waals surface area contributed by atoms with Crippen LogP contribution >= 0.6 is 0 Å². The number of carbonyl (C=O) groups is 2. The number of carbonyl (C=O) groups excluding carboxylic acids is 2. The van der Waals surface area contributed by atoms with Gasteiger partial charge in [0.2, 0.25) is 0 Å². The molecule has 0 aliphatic heterocycles. The zero-order valence-corrected chi connectivity index (χ0v) is 5.32. The second-order valence-corrected chi connectivity index (χ2v) is 1.65. The molecular formula is C5H9NO4. The fraction of sp³-hybridized carbons (Fsp3) is 0.600. The van der Waals surface area contributed by atoms with E-state index in [0.717, 1.165) is 0 Å². The molecule has 0 bridgehead atoms. The Hall–Kier alpha value is -0.940. The largest absolute Gasteiger partial charge is 0.396 e. The van der Waals surface area contributed by atoms with E-state index in [1.54, 1.807) is 0 Å². The normalized spacial score (nSPS) is 12.2. The van der Waals surface area contributed by atoms with Crippen LogP contribution in [0.3, 0.4) is 0 Å². The number of aliphatic hydroxyl groups is 1. The minimum absolute atomic E-state index is 0.0135. The van der Waals surface area contributed by atoms with Gasteiger partial charge in [-0.15, -0.1) is 0 Å². The molecule has 0 aromatic carbocycles. The summed E-state index contributed by atoms with van der Waals surface area (Å²) in [6.45, 7) is -0.186. The number of hydrogen-bond donors (Lipinski definition) is 2. The predicted octanol–water partition coefficient (Wildman–Crippen LogP) is -1.60. The van der Waals surface area contributed by atoms with Crippen molar-refractivity contribution < 1.29 is 19.4 Å². The van der Waals surface area contributed by atoms with Gasteiger partial charge in [-0.1, -0.05) is 0 Å². The summed E-state index contributed by atoms with van der Waals surface area (Å²) >= 11 is 0. The van der Waals surface area contributed by atoms with Crippen molar-refractivity contribution in [2.24, 2.45) is 5.73 Å². The van der Waals surface area contributed by atoms with Gasteiger partial charge in [-0.05, 0) is 6.42 Å². The second-order valence-electron chi connectivity index (χ2n) is 1.65. The summed E-state index contributed by atoms with van der Waals surface area (Å²) in [5, 5.41) is 8.28. The molecule has 5 heteroatoms. The Bertz CT molecular complexity index is 125. The molecule has 0 spiro atoms. The Morgan fingerprint density at radius 3 is 2.80 bits per heavy atom. The molecule has 0 fully saturated rings. The van der Waals surface area contributed by atoms with Gasteiger partial charge in [0.25, 0.3) is 0 Å². The molecule has 0 radical (unpaired) electrons. The molecule has 0 aromatic rings. The van der Waals surface area contributed by atoms with Gasteiger partial charge in [0.15, 0.2) is 0 Å². The van der Waals surface area contributed by atoms with Gasteiger partial charge >= 0.3 is 12.4 Å². The highest BCUT2D eigenvalue weighted by atomic mass is 16.6. The van der Waals surface area contributed by atoms with E-state index in [2.05, 4.69) is 4.74 Å². The Labute approximate surface area is 57.8 Å². The number of ether oxygens (including phenoxy) is 1. The SMILES string of the molecule is N[C@@H](CCO)C(=O)OC=O. The third-order valence-electron chi connectivity index (χ3n) is 0.907. The van der Waals surface area contributed by atoms with Crippen molar-refractivity contribution in [2.45, 2.75) is 12.5 Å². The number of esters is 1. The average Bonchev–Trinajstić information content (AvgIpc) is 1.89. The maximum Gasteiger partial charge on any atom is 0.330 e. The molecule has 0 rings (SSSR count). The Balaban J connectivity index is 3.58. The molecule has 0 saturated carbocycles. The summed E-state index contributed by atoms with van der Waals surface area (Å²) in [6.07, 6.45) is 0.104. The molecule has 5 nitrogen and oxygen atoms in total. The second kappa shape index (κ2) is 4.89. The molecule has 0 saturated heterocycles. The summed E-state index contributed by atoms with van der Waals surface area (Å²) in [5.74, 6) is -0.816. The van der Waals surface area contributed by atoms with Crippen LogP contribution in [-0.4, -0.2) is 30.2 Å². The Morgan fingerprint density at radius 1 is 1.80 bits per heavy atom. The van der Waals surface area contributed by atoms with Crippen molar-refractivity contribution in [3.63, 3.8) is 0 Å². The first-order valence-corrected chi connectivity index (χ1v) is 2.73. The van der Waals surface area contributed by atoms with Crippen LogP contribution in [0.25, 0.3) is 0 Å². The van der Waals surface area contributed by atoms with E-state index >= 15 is 0 Å². The maximum absolute atomic E-state index is 10.4. The molecular weight excluding hydrogens is 138 g/mol. The smallest absolute Gasteiger partial charge is 0.330 e. The number of rotatable bonds is 4. The molecule has 0 aliphatic rings. The van der Waals surface area contributed by atoms with E-state index in [0.29, 0.717) is 0 Å². The molecule has 0 amide bonds. The van der Waals surface area contributed by atoms with Crippen LogP contribution in [-0.2, 0) is 14.3 Å². The van der Waals surface area contributed by atoms with Crippen LogP contribution in [0, 0.1) is 0 Å². The molecule has 58 valence electrons. The fourth-order valence-corrected chi connectivity index (χ4v) is 0.392. The van der Waals surface area contributed by atoms with Crippen molar-refractivity contribution in [3.8, 4) is 0 Å². The van der Waals surface area contributed by atoms with Gasteiger partial charge in [0.05, 0.1) is 0 Å². The molecule has 0 aromatic heterocycles. The third-order valence-corrected chi connectivity index (χ3v) is 0.907. The van der Waals surface area contributed by atoms with Crippen LogP contribution in [0.5, 0.6) is 0 Å². The van der Waals surface area contributed by atoms with Gasteiger partial charge in [0.1, 0.15) is 6.04 Å². The van der Waals surface area contributed by atoms with E-state index in [9.17, 15) is 9.59 Å². The maximum atomic E-state index is 10.4. The van der Waals surface area contributed by atoms with Gasteiger partial charge < -0.3 is 15.6 Å². The van der Waals surface area contributed by atoms with Crippen molar-refractivity contribution >= 4 is 12.4 Å². The lowest BCUT2D eigenvalue weighted by Gasteiger charge is -2.03. The first-order chi connectivity index (χ1) is 4.72. The molecule has 3 N–H and O–H groups in total. The highest BCUT2D eigenvalue weighted by molar-refractivity contribution is 5.81. The van der Waals surface area contributed by atoms with Crippen LogP contribution in [0.2, 0.25) is 0 Å². The topological polar surface area (TPSA) is 89.6 Å². The van der Waals surface area contributed by atoms with Gasteiger partial charge in [-0.25, -0.2) is 4.79 Å². The summed E-state index contributed by atoms with van der Waals surface area (Å²) < 4.78 is 3.90. The minimum atomic E-state index is -0.907. The summed E-state index contributed by atoms with van der Waals surface area (Å²) in [5.41, 5.74) is 5.12. The molecule has 1 atom stereocenters. The predicted molar refractivity (Wildman–Crippen MR) is 31.8 cm³/mol. The molecule has 10 heavy (non-hydrogen) atoms. The Kier molecular flexibility index (Phi) is 4.43. The lowest BCUT2D eigenvalue weighted by Crippen LogP contribution is -2.32. The van der Waals surface area contributed by atoms with E-state index in [1.165, 1.54) is 0 Å². The third kappa shape index (κ3) is 3.16. The van der Waals surface area contributed by atoms with Crippen LogP contribution in [0.1, 0.15) is 6.42 Å². The summed E-state index contributed by atoms with van der Waals surface area (Å²) in [4.78, 5) is 20.0. The van der Waals surface area contributed by atoms with Gasteiger partial charge in [0, 0.05) is 6.61 Å². The number of nitrogens with two attached hydrogens (primary N) is 1. The average molecular weight is 147 g/mol. The molecule has 0 unspecified atom stereocenters. The quantitative estimate of drug-likeness (QED) is 0.284. The standard InChI is InChI=1S/C5H9NO4/c6-4(1-2-7)5(9)10-3-8/h3-4,7H,1-2,6H2/t4-/m0/s1. The minimum Gasteiger partial charge on any atom is -0.396 e. The lowest BCUT2D eigenvalue weighted by molar-refractivity contribution is -0.152. The van der Waals surface area contributed by atoms with Gasteiger partial charge in [-0.3, -0.25) is 4.79 Å². The lowest BCUT2D eigenvalue weighted by atomic mass is 10.2. The summed E-state index contributed by atoms with van der Waals surface area (Å²) in [6, 6.07) is -0.907. The number of aliphatic hydroxyl groups excluding tert-OH is 1. The number of hydrogen-bond acceptors (Lipinski definition) is 5. The van der Waals surface area contributed by atoms with Crippen molar-refractivity contribution in [3.05, 3.63) is 0 Å². The van der Waals surface area contributed by atoms with Crippen molar-refractivity contribution in [1.82, 2.24) is 0 Å². The van der Waals surface area contributed by atoms with Gasteiger partial charge in [-0.2, -0.15) is 0 Å². The zero-order valence-electron chi connectivity index (χ0n) is 5.32. The highest BCUT2D eigenvalue weighted by Crippen LogP contribution is 1.88. The van der Waals surface area contributed by atoms with Crippen molar-refractivity contribution in [2.75, 3.05) is 6.61 Å². The zero-order chi connectivity index (χ0) is 7.98. The van der Waals surface area contributed by atoms with Crippen molar-refractivity contribution in [1.29, 1.82) is 0 Å². The Morgan fingerprint density at radius 2 is 2.40 bits per heavy atom. The first-order valence-electron chi connectivity index (χ1n) is 2.73.